The number of halogens is 1. The smallest absolute Gasteiger partial charge is 0.0417 e. The second-order valence-electron chi connectivity index (χ2n) is 6.97. The summed E-state index contributed by atoms with van der Waals surface area (Å²) < 4.78 is 0. The molecule has 1 aliphatic heterocycles. The lowest BCUT2D eigenvalue weighted by Gasteiger charge is -2.32. The van der Waals surface area contributed by atoms with Gasteiger partial charge in [0.25, 0.3) is 0 Å². The Hall–Kier alpha value is -1.77. The molecule has 26 heavy (non-hydrogen) atoms. The molecule has 2 aromatic carbocycles. The van der Waals surface area contributed by atoms with Crippen LogP contribution in [0.2, 0.25) is 5.02 Å². The predicted molar refractivity (Wildman–Crippen MR) is 114 cm³/mol. The number of aliphatic imine (C=N–C) groups is 1. The van der Waals surface area contributed by atoms with E-state index in [1.54, 1.807) is 0 Å². The Morgan fingerprint density at radius 1 is 1.12 bits per heavy atom. The zero-order valence-electron chi connectivity index (χ0n) is 14.6. The van der Waals surface area contributed by atoms with Crippen molar-refractivity contribution in [2.45, 2.75) is 35.8 Å². The SMILES string of the molecule is Clc1ccc2c(c1)SC1CC(Cc3ccccc3)CCC1=CC=NC=C2. The topological polar surface area (TPSA) is 12.4 Å². The van der Waals surface area contributed by atoms with E-state index < -0.39 is 0 Å². The van der Waals surface area contributed by atoms with Gasteiger partial charge in [0.1, 0.15) is 0 Å². The Balaban J connectivity index is 1.58. The maximum atomic E-state index is 6.27. The van der Waals surface area contributed by atoms with Gasteiger partial charge in [-0.2, -0.15) is 0 Å². The fourth-order valence-corrected chi connectivity index (χ4v) is 5.49. The number of allylic oxidation sites excluding steroid dienone is 1. The van der Waals surface area contributed by atoms with E-state index in [2.05, 4.69) is 59.6 Å². The molecule has 2 unspecified atom stereocenters. The summed E-state index contributed by atoms with van der Waals surface area (Å²) in [6.45, 7) is 0. The first-order chi connectivity index (χ1) is 12.8. The molecular formula is C23H22ClNS. The number of fused-ring (bicyclic) bond motifs is 2. The Morgan fingerprint density at radius 3 is 2.88 bits per heavy atom. The van der Waals surface area contributed by atoms with E-state index in [-0.39, 0.29) is 0 Å². The van der Waals surface area contributed by atoms with Gasteiger partial charge in [0, 0.05) is 27.6 Å². The minimum absolute atomic E-state index is 0.493. The van der Waals surface area contributed by atoms with Crippen LogP contribution < -0.4 is 0 Å². The van der Waals surface area contributed by atoms with Gasteiger partial charge >= 0.3 is 0 Å². The maximum absolute atomic E-state index is 6.27. The van der Waals surface area contributed by atoms with Crippen molar-refractivity contribution < 1.29 is 0 Å². The summed E-state index contributed by atoms with van der Waals surface area (Å²) in [4.78, 5) is 5.66. The molecule has 0 bridgehead atoms. The third-order valence-electron chi connectivity index (χ3n) is 5.13. The Morgan fingerprint density at radius 2 is 2.00 bits per heavy atom. The molecule has 0 aromatic heterocycles. The number of hydrogen-bond donors (Lipinski definition) is 0. The van der Waals surface area contributed by atoms with Crippen LogP contribution in [0.25, 0.3) is 6.08 Å². The molecule has 0 spiro atoms. The second-order valence-corrected chi connectivity index (χ2v) is 8.66. The van der Waals surface area contributed by atoms with Crippen molar-refractivity contribution in [2.75, 3.05) is 0 Å². The average Bonchev–Trinajstić information content (AvgIpc) is 2.65. The van der Waals surface area contributed by atoms with Gasteiger partial charge in [0.05, 0.1) is 0 Å². The van der Waals surface area contributed by atoms with Crippen LogP contribution in [0, 0.1) is 5.92 Å². The molecule has 4 rings (SSSR count). The Kier molecular flexibility index (Phi) is 5.62. The summed E-state index contributed by atoms with van der Waals surface area (Å²) in [5.41, 5.74) is 4.15. The molecule has 1 aliphatic carbocycles. The minimum atomic E-state index is 0.493. The van der Waals surface area contributed by atoms with Crippen LogP contribution in [0.3, 0.4) is 0 Å². The summed E-state index contributed by atoms with van der Waals surface area (Å²) >= 11 is 8.23. The lowest BCUT2D eigenvalue weighted by molar-refractivity contribution is 0.413. The van der Waals surface area contributed by atoms with Crippen LogP contribution in [0.1, 0.15) is 30.4 Å². The lowest BCUT2D eigenvalue weighted by atomic mass is 9.82. The van der Waals surface area contributed by atoms with Crippen LogP contribution in [0.15, 0.2) is 76.3 Å². The highest BCUT2D eigenvalue weighted by molar-refractivity contribution is 8.00. The van der Waals surface area contributed by atoms with E-state index in [1.807, 2.05) is 30.2 Å². The molecule has 2 aliphatic rings. The Bertz CT molecular complexity index is 854. The first kappa shape index (κ1) is 17.6. The van der Waals surface area contributed by atoms with Gasteiger partial charge in [-0.25, -0.2) is 0 Å². The first-order valence-electron chi connectivity index (χ1n) is 9.17. The first-order valence-corrected chi connectivity index (χ1v) is 10.4. The monoisotopic (exact) mass is 379 g/mol. The molecule has 2 aromatic rings. The van der Waals surface area contributed by atoms with E-state index in [0.717, 1.165) is 17.4 Å². The number of benzene rings is 2. The van der Waals surface area contributed by atoms with E-state index in [1.165, 1.54) is 40.9 Å². The van der Waals surface area contributed by atoms with Crippen LogP contribution in [0.5, 0.6) is 0 Å². The zero-order valence-corrected chi connectivity index (χ0v) is 16.2. The lowest BCUT2D eigenvalue weighted by Crippen LogP contribution is -2.22. The quantitative estimate of drug-likeness (QED) is 0.557. The summed E-state index contributed by atoms with van der Waals surface area (Å²) in [5.74, 6) is 0.727. The van der Waals surface area contributed by atoms with Gasteiger partial charge in [0.2, 0.25) is 0 Å². The van der Waals surface area contributed by atoms with E-state index in [9.17, 15) is 0 Å². The zero-order chi connectivity index (χ0) is 17.8. The van der Waals surface area contributed by atoms with E-state index in [4.69, 9.17) is 11.6 Å². The van der Waals surface area contributed by atoms with Crippen molar-refractivity contribution in [1.29, 1.82) is 0 Å². The molecule has 132 valence electrons. The van der Waals surface area contributed by atoms with Crippen LogP contribution in [-0.2, 0) is 6.42 Å². The van der Waals surface area contributed by atoms with Crippen molar-refractivity contribution in [1.82, 2.24) is 0 Å². The molecule has 0 N–H and O–H groups in total. The third kappa shape index (κ3) is 4.31. The predicted octanol–water partition coefficient (Wildman–Crippen LogP) is 6.83. The van der Waals surface area contributed by atoms with Crippen LogP contribution >= 0.6 is 23.4 Å². The third-order valence-corrected chi connectivity index (χ3v) is 6.75. The summed E-state index contributed by atoms with van der Waals surface area (Å²) in [7, 11) is 0. The summed E-state index contributed by atoms with van der Waals surface area (Å²) in [6.07, 6.45) is 12.9. The van der Waals surface area contributed by atoms with Crippen molar-refractivity contribution >= 4 is 35.7 Å². The molecular weight excluding hydrogens is 358 g/mol. The fourth-order valence-electron chi connectivity index (χ4n) is 3.76. The fraction of sp³-hybridized carbons (Fsp3) is 0.261. The highest BCUT2D eigenvalue weighted by Crippen LogP contribution is 2.42. The second kappa shape index (κ2) is 8.28. The molecule has 0 amide bonds. The maximum Gasteiger partial charge on any atom is 0.0417 e. The minimum Gasteiger partial charge on any atom is -0.265 e. The van der Waals surface area contributed by atoms with Crippen molar-refractivity contribution in [2.24, 2.45) is 10.9 Å². The van der Waals surface area contributed by atoms with Gasteiger partial charge in [0.15, 0.2) is 0 Å². The molecule has 2 atom stereocenters. The number of hydrogen-bond acceptors (Lipinski definition) is 2. The molecule has 0 radical (unpaired) electrons. The highest BCUT2D eigenvalue weighted by atomic mass is 35.5. The van der Waals surface area contributed by atoms with Gasteiger partial charge in [-0.3, -0.25) is 4.99 Å². The Labute approximate surface area is 164 Å². The standard InChI is InChI=1S/C23H22ClNS/c24-21-9-8-20-11-13-25-12-10-19-7-6-18(14-17-4-2-1-3-5-17)15-22(19)26-23(20)16-21/h1-5,8-13,16,18,22H,6-7,14-15H2. The molecule has 3 heteroatoms. The number of rotatable bonds is 2. The van der Waals surface area contributed by atoms with Crippen molar-refractivity contribution in [3.05, 3.63) is 82.5 Å². The molecule has 0 saturated heterocycles. The van der Waals surface area contributed by atoms with Gasteiger partial charge in [-0.05, 0) is 67.0 Å². The number of thioether (sulfide) groups is 1. The van der Waals surface area contributed by atoms with Crippen molar-refractivity contribution in [3.8, 4) is 0 Å². The number of nitrogens with zero attached hydrogens (tertiary/aromatic N) is 1. The molecule has 1 saturated carbocycles. The average molecular weight is 380 g/mol. The summed E-state index contributed by atoms with van der Waals surface area (Å²) in [6, 6.07) is 17.0. The normalized spacial score (nSPS) is 22.3. The van der Waals surface area contributed by atoms with Gasteiger partial charge in [-0.1, -0.05) is 53.6 Å². The van der Waals surface area contributed by atoms with Gasteiger partial charge in [-0.15, -0.1) is 11.8 Å². The molecule has 1 fully saturated rings. The van der Waals surface area contributed by atoms with E-state index >= 15 is 0 Å². The van der Waals surface area contributed by atoms with Crippen molar-refractivity contribution in [3.63, 3.8) is 0 Å². The van der Waals surface area contributed by atoms with Crippen LogP contribution in [-0.4, -0.2) is 11.5 Å². The summed E-state index contributed by atoms with van der Waals surface area (Å²) in [5, 5.41) is 1.29. The van der Waals surface area contributed by atoms with E-state index in [0.29, 0.717) is 5.25 Å². The largest absolute Gasteiger partial charge is 0.265 e. The van der Waals surface area contributed by atoms with Gasteiger partial charge < -0.3 is 0 Å². The molecule has 1 nitrogen and oxygen atoms in total. The van der Waals surface area contributed by atoms with Crippen LogP contribution in [0.4, 0.5) is 0 Å². The highest BCUT2D eigenvalue weighted by Gasteiger charge is 2.27. The molecule has 1 heterocycles.